The second kappa shape index (κ2) is 27.2. The maximum Gasteiger partial charge on any atom is 0.264 e. The first-order valence-electron chi connectivity index (χ1n) is 24.0. The van der Waals surface area contributed by atoms with Gasteiger partial charge in [-0.3, -0.25) is 13.8 Å². The molecule has 384 valence electrons. The zero-order chi connectivity index (χ0) is 50.6. The predicted octanol–water partition coefficient (Wildman–Crippen LogP) is 6.30. The summed E-state index contributed by atoms with van der Waals surface area (Å²) in [5.74, 6) is -0.512. The standard InChI is InChI=1S/C16H22N2O3.C14H21NO2.C8H16O5S.C7H6N2O.C7H9N/c1-16(2)20-8-11(9-21-16)4-3-5-12-6-7-13-14(12)17-10-18-15(13)19;1-14(2)16-10-13(11-17-14)9-15-8-12-6-4-3-5-7-12;1-8(2)11-4-7(5-12-8)6-13-14(3,9)10;10-7-5-2-1-3-6(5)8-4-9-7;8-6-7-4-2-1-3-5-7/h6,10-11H,3-5,7-9H2,1-2H3,(H,17,18,19);3-7,13,15H,8-11H2,1-2H3;7H,4-6H2,1-3H3;1,3-4H,2H2,(H,8,9,10);1-5H,6,8H2. The minimum absolute atomic E-state index is 0.0115. The number of fused-ring (bicyclic) bond motifs is 2. The molecule has 5 heterocycles. The highest BCUT2D eigenvalue weighted by Gasteiger charge is 2.30. The molecule has 2 aromatic carbocycles. The molecule has 0 spiro atoms. The molecule has 2 aromatic heterocycles. The first-order valence-corrected chi connectivity index (χ1v) is 25.8. The molecule has 0 atom stereocenters. The summed E-state index contributed by atoms with van der Waals surface area (Å²) in [6.45, 7) is 18.1. The van der Waals surface area contributed by atoms with E-state index in [0.717, 1.165) is 94.0 Å². The largest absolute Gasteiger partial charge is 0.350 e. The van der Waals surface area contributed by atoms with Crippen molar-refractivity contribution in [1.29, 1.82) is 0 Å². The fourth-order valence-corrected chi connectivity index (χ4v) is 7.94. The van der Waals surface area contributed by atoms with Gasteiger partial charge in [-0.05, 0) is 96.4 Å². The number of rotatable bonds is 12. The van der Waals surface area contributed by atoms with Crippen molar-refractivity contribution in [3.8, 4) is 0 Å². The maximum absolute atomic E-state index is 11.7. The van der Waals surface area contributed by atoms with Crippen molar-refractivity contribution in [1.82, 2.24) is 25.3 Å². The summed E-state index contributed by atoms with van der Waals surface area (Å²) in [7, 11) is -3.36. The number of benzene rings is 2. The second-order valence-electron chi connectivity index (χ2n) is 19.0. The van der Waals surface area contributed by atoms with Crippen LogP contribution in [-0.4, -0.2) is 105 Å². The number of nitrogens with zero attached hydrogens (tertiary/aromatic N) is 2. The van der Waals surface area contributed by atoms with Gasteiger partial charge in [0.2, 0.25) is 0 Å². The monoisotopic (exact) mass is 991 g/mol. The van der Waals surface area contributed by atoms with Crippen LogP contribution in [0.2, 0.25) is 0 Å². The van der Waals surface area contributed by atoms with Gasteiger partial charge in [-0.25, -0.2) is 9.97 Å². The quantitative estimate of drug-likeness (QED) is 0.114. The molecule has 2 aliphatic carbocycles. The fourth-order valence-electron chi connectivity index (χ4n) is 7.50. The Labute approximate surface area is 413 Å². The third-order valence-corrected chi connectivity index (χ3v) is 12.2. The number of hydrogen-bond acceptors (Lipinski definition) is 15. The molecule has 5 aliphatic rings. The van der Waals surface area contributed by atoms with Crippen LogP contribution in [0.25, 0.3) is 11.6 Å². The molecule has 4 aromatic rings. The number of aromatic nitrogens is 4. The van der Waals surface area contributed by atoms with Gasteiger partial charge in [-0.15, -0.1) is 0 Å². The average Bonchev–Trinajstić information content (AvgIpc) is 4.00. The van der Waals surface area contributed by atoms with Crippen molar-refractivity contribution in [2.45, 2.75) is 104 Å². The van der Waals surface area contributed by atoms with E-state index in [1.165, 1.54) is 29.4 Å². The summed E-state index contributed by atoms with van der Waals surface area (Å²) in [5.41, 5.74) is 12.3. The Morgan fingerprint density at radius 3 is 1.74 bits per heavy atom. The summed E-state index contributed by atoms with van der Waals surface area (Å²) in [6.07, 6.45) is 14.4. The van der Waals surface area contributed by atoms with Crippen LogP contribution in [0.4, 0.5) is 0 Å². The lowest BCUT2D eigenvalue weighted by atomic mass is 9.99. The van der Waals surface area contributed by atoms with Crippen LogP contribution < -0.4 is 22.2 Å². The van der Waals surface area contributed by atoms with Crippen molar-refractivity contribution < 1.29 is 41.0 Å². The van der Waals surface area contributed by atoms with Crippen LogP contribution in [0, 0.1) is 17.8 Å². The van der Waals surface area contributed by atoms with E-state index < -0.39 is 27.5 Å². The van der Waals surface area contributed by atoms with E-state index in [2.05, 4.69) is 59.8 Å². The Morgan fingerprint density at radius 2 is 1.21 bits per heavy atom. The highest BCUT2D eigenvalue weighted by Crippen LogP contribution is 2.30. The highest BCUT2D eigenvalue weighted by molar-refractivity contribution is 7.85. The lowest BCUT2D eigenvalue weighted by molar-refractivity contribution is -0.264. The van der Waals surface area contributed by atoms with E-state index in [9.17, 15) is 18.0 Å². The van der Waals surface area contributed by atoms with Crippen LogP contribution in [0.5, 0.6) is 0 Å². The predicted molar refractivity (Wildman–Crippen MR) is 270 cm³/mol. The summed E-state index contributed by atoms with van der Waals surface area (Å²) in [4.78, 5) is 36.1. The highest BCUT2D eigenvalue weighted by atomic mass is 32.2. The fraction of sp³-hybridized carbons (Fsp3) is 0.538. The number of hydrogen-bond donors (Lipinski definition) is 4. The molecule has 0 bridgehead atoms. The van der Waals surface area contributed by atoms with Crippen LogP contribution in [0.15, 0.2) is 95.1 Å². The molecule has 0 saturated carbocycles. The average molecular weight is 991 g/mol. The summed E-state index contributed by atoms with van der Waals surface area (Å²) in [6, 6.07) is 20.4. The molecule has 9 rings (SSSR count). The van der Waals surface area contributed by atoms with Crippen molar-refractivity contribution in [2.75, 3.05) is 59.0 Å². The van der Waals surface area contributed by atoms with Crippen LogP contribution >= 0.6 is 0 Å². The summed E-state index contributed by atoms with van der Waals surface area (Å²) < 4.78 is 59.3. The van der Waals surface area contributed by atoms with Crippen molar-refractivity contribution >= 4 is 21.8 Å². The molecule has 3 saturated heterocycles. The number of nitrogens with one attached hydrogen (secondary N) is 3. The Balaban J connectivity index is 0.000000169. The first-order chi connectivity index (χ1) is 33.3. The molecule has 18 heteroatoms. The zero-order valence-corrected chi connectivity index (χ0v) is 42.7. The number of aromatic amines is 2. The normalized spacial score (nSPS) is 19.0. The van der Waals surface area contributed by atoms with E-state index in [1.807, 2.05) is 90.1 Å². The topological polar surface area (TPSA) is 228 Å². The summed E-state index contributed by atoms with van der Waals surface area (Å²) in [5, 5.41) is 3.44. The van der Waals surface area contributed by atoms with Gasteiger partial charge < -0.3 is 49.4 Å². The molecule has 0 amide bonds. The van der Waals surface area contributed by atoms with Gasteiger partial charge in [-0.2, -0.15) is 8.42 Å². The number of nitrogens with two attached hydrogens (primary N) is 1. The van der Waals surface area contributed by atoms with Crippen LogP contribution in [-0.2, 0) is 68.7 Å². The second-order valence-corrected chi connectivity index (χ2v) is 20.7. The Kier molecular flexibility index (Phi) is 21.8. The maximum atomic E-state index is 11.7. The lowest BCUT2D eigenvalue weighted by Gasteiger charge is -2.35. The van der Waals surface area contributed by atoms with Gasteiger partial charge in [0.05, 0.1) is 76.5 Å². The molecule has 3 fully saturated rings. The van der Waals surface area contributed by atoms with E-state index in [-0.39, 0.29) is 23.6 Å². The molecule has 3 aliphatic heterocycles. The molecule has 17 nitrogen and oxygen atoms in total. The van der Waals surface area contributed by atoms with E-state index in [0.29, 0.717) is 38.0 Å². The Bertz CT molecular complexity index is 2460. The molecule has 5 N–H and O–H groups in total. The van der Waals surface area contributed by atoms with Crippen molar-refractivity contribution in [2.24, 2.45) is 23.5 Å². The molecule has 0 radical (unpaired) electrons. The Morgan fingerprint density at radius 1 is 0.700 bits per heavy atom. The van der Waals surface area contributed by atoms with Gasteiger partial charge in [0.25, 0.3) is 21.2 Å². The minimum Gasteiger partial charge on any atom is -0.350 e. The van der Waals surface area contributed by atoms with Gasteiger partial charge in [0.1, 0.15) is 0 Å². The van der Waals surface area contributed by atoms with Crippen LogP contribution in [0.3, 0.4) is 0 Å². The van der Waals surface area contributed by atoms with E-state index in [4.69, 9.17) is 34.2 Å². The lowest BCUT2D eigenvalue weighted by Crippen LogP contribution is -2.42. The van der Waals surface area contributed by atoms with E-state index >= 15 is 0 Å². The SMILES string of the molecule is CC1(C)OCC(CCCC2=CCc3c2nc[nH]c3=O)CO1.CC1(C)OCC(CNCc2ccccc2)CO1.CC1(C)OCC(COS(C)(=O)=O)CO1.NCc1ccccc1.O=c1[nH]cnc2c1CC=C2. The minimum atomic E-state index is -3.36. The zero-order valence-electron chi connectivity index (χ0n) is 41.9. The van der Waals surface area contributed by atoms with Gasteiger partial charge in [0.15, 0.2) is 17.4 Å². The van der Waals surface area contributed by atoms with Gasteiger partial charge in [0, 0.05) is 48.5 Å². The first kappa shape index (κ1) is 56.2. The van der Waals surface area contributed by atoms with Crippen molar-refractivity contribution in [3.05, 3.63) is 140 Å². The Hall–Kier alpha value is -4.73. The smallest absolute Gasteiger partial charge is 0.264 e. The number of ether oxygens (including phenoxy) is 6. The van der Waals surface area contributed by atoms with Gasteiger partial charge in [-0.1, -0.05) is 72.8 Å². The number of H-pyrrole nitrogens is 2. The summed E-state index contributed by atoms with van der Waals surface area (Å²) >= 11 is 0. The number of allylic oxidation sites excluding steroid dienone is 3. The van der Waals surface area contributed by atoms with Crippen molar-refractivity contribution in [3.63, 3.8) is 0 Å². The molecule has 70 heavy (non-hydrogen) atoms. The van der Waals surface area contributed by atoms with Crippen LogP contribution in [0.1, 0.15) is 94.4 Å². The molecular formula is C52H74N6O11S. The third kappa shape index (κ3) is 20.2. The third-order valence-electron chi connectivity index (χ3n) is 11.6. The van der Waals surface area contributed by atoms with E-state index in [1.54, 1.807) is 0 Å². The molecular weight excluding hydrogens is 917 g/mol. The molecule has 0 unspecified atom stereocenters. The van der Waals surface area contributed by atoms with Gasteiger partial charge >= 0.3 is 0 Å².